The Labute approximate surface area is 191 Å². The first-order valence-electron chi connectivity index (χ1n) is 9.84. The number of aromatic nitrogens is 1. The largest absolute Gasteiger partial charge is 0.298 e. The minimum Gasteiger partial charge on any atom is -0.298 e. The molecule has 4 rings (SSSR count). The van der Waals surface area contributed by atoms with Crippen molar-refractivity contribution in [1.29, 1.82) is 0 Å². The zero-order chi connectivity index (χ0) is 22.7. The molecule has 4 aromatic rings. The van der Waals surface area contributed by atoms with Gasteiger partial charge in [-0.25, -0.2) is 13.4 Å². The van der Waals surface area contributed by atoms with E-state index in [-0.39, 0.29) is 10.8 Å². The minimum atomic E-state index is -3.68. The topological polar surface area (TPSA) is 88.2 Å². The van der Waals surface area contributed by atoms with E-state index in [1.54, 1.807) is 42.5 Å². The molecular weight excluding hydrogens is 442 g/mol. The van der Waals surface area contributed by atoms with Crippen molar-refractivity contribution in [3.05, 3.63) is 94.9 Å². The highest BCUT2D eigenvalue weighted by Crippen LogP contribution is 2.27. The summed E-state index contributed by atoms with van der Waals surface area (Å²) in [6.07, 6.45) is 0. The van der Waals surface area contributed by atoms with E-state index in [9.17, 15) is 13.2 Å². The maximum absolute atomic E-state index is 12.6. The van der Waals surface area contributed by atoms with Crippen LogP contribution in [0.3, 0.4) is 0 Å². The third-order valence-electron chi connectivity index (χ3n) is 4.98. The van der Waals surface area contributed by atoms with Gasteiger partial charge in [0.1, 0.15) is 0 Å². The van der Waals surface area contributed by atoms with E-state index in [2.05, 4.69) is 41.0 Å². The van der Waals surface area contributed by atoms with Crippen LogP contribution in [0.1, 0.15) is 21.5 Å². The number of thiazole rings is 1. The van der Waals surface area contributed by atoms with Gasteiger partial charge in [0.05, 0.1) is 10.6 Å². The summed E-state index contributed by atoms with van der Waals surface area (Å²) in [6, 6.07) is 20.5. The highest BCUT2D eigenvalue weighted by molar-refractivity contribution is 7.92. The fraction of sp³-hybridized carbons (Fsp3) is 0.0833. The maximum Gasteiger partial charge on any atom is 0.261 e. The van der Waals surface area contributed by atoms with Crippen molar-refractivity contribution in [2.24, 2.45) is 0 Å². The molecule has 162 valence electrons. The summed E-state index contributed by atoms with van der Waals surface area (Å²) < 4.78 is 27.4. The van der Waals surface area contributed by atoms with E-state index in [1.165, 1.54) is 34.6 Å². The number of nitrogens with one attached hydrogen (secondary N) is 2. The third kappa shape index (κ3) is 4.87. The van der Waals surface area contributed by atoms with Crippen molar-refractivity contribution >= 4 is 38.1 Å². The molecule has 32 heavy (non-hydrogen) atoms. The first kappa shape index (κ1) is 21.7. The summed E-state index contributed by atoms with van der Waals surface area (Å²) >= 11 is 1.35. The zero-order valence-corrected chi connectivity index (χ0v) is 19.1. The van der Waals surface area contributed by atoms with Crippen molar-refractivity contribution in [3.63, 3.8) is 0 Å². The molecule has 1 aromatic heterocycles. The van der Waals surface area contributed by atoms with Crippen LogP contribution in [0, 0.1) is 13.8 Å². The van der Waals surface area contributed by atoms with Crippen LogP contribution >= 0.6 is 11.3 Å². The van der Waals surface area contributed by atoms with Crippen LogP contribution in [0.4, 0.5) is 10.8 Å². The smallest absolute Gasteiger partial charge is 0.261 e. The molecule has 0 aliphatic carbocycles. The molecule has 0 saturated carbocycles. The number of carbonyl (C=O) groups excluding carboxylic acids is 1. The second kappa shape index (κ2) is 8.94. The Morgan fingerprint density at radius 2 is 1.62 bits per heavy atom. The van der Waals surface area contributed by atoms with Gasteiger partial charge < -0.3 is 0 Å². The Bertz CT molecular complexity index is 1360. The van der Waals surface area contributed by atoms with Crippen LogP contribution in [0.5, 0.6) is 0 Å². The molecule has 3 aromatic carbocycles. The number of carbonyl (C=O) groups is 1. The van der Waals surface area contributed by atoms with E-state index < -0.39 is 10.0 Å². The molecule has 0 saturated heterocycles. The second-order valence-electron chi connectivity index (χ2n) is 7.29. The fourth-order valence-electron chi connectivity index (χ4n) is 3.04. The molecule has 0 unspecified atom stereocenters. The van der Waals surface area contributed by atoms with Crippen molar-refractivity contribution in [2.75, 3.05) is 10.0 Å². The van der Waals surface area contributed by atoms with Crippen LogP contribution in [0.2, 0.25) is 0 Å². The zero-order valence-electron chi connectivity index (χ0n) is 17.5. The predicted molar refractivity (Wildman–Crippen MR) is 129 cm³/mol. The normalized spacial score (nSPS) is 11.2. The molecule has 6 nitrogen and oxygen atoms in total. The Morgan fingerprint density at radius 1 is 0.906 bits per heavy atom. The molecule has 0 radical (unpaired) electrons. The van der Waals surface area contributed by atoms with Crippen molar-refractivity contribution in [2.45, 2.75) is 18.7 Å². The standard InChI is InChI=1S/C24H21N3O3S2/c1-16-8-9-19(14-17(16)2)22-15-31-24(25-22)26-23(28)18-10-12-20(13-11-18)27-32(29,30)21-6-4-3-5-7-21/h3-15,27H,1-2H3,(H,25,26,28). The maximum atomic E-state index is 12.6. The van der Waals surface area contributed by atoms with Gasteiger partial charge in [0.15, 0.2) is 5.13 Å². The first-order valence-corrected chi connectivity index (χ1v) is 12.2. The van der Waals surface area contributed by atoms with Gasteiger partial charge >= 0.3 is 0 Å². The molecule has 0 aliphatic rings. The molecule has 0 spiro atoms. The van der Waals surface area contributed by atoms with Gasteiger partial charge in [-0.2, -0.15) is 0 Å². The number of nitrogens with zero attached hydrogens (tertiary/aromatic N) is 1. The van der Waals surface area contributed by atoms with Gasteiger partial charge in [-0.15, -0.1) is 11.3 Å². The van der Waals surface area contributed by atoms with Gasteiger partial charge in [0.25, 0.3) is 15.9 Å². The van der Waals surface area contributed by atoms with Crippen LogP contribution in [-0.4, -0.2) is 19.3 Å². The third-order valence-corrected chi connectivity index (χ3v) is 7.14. The number of sulfonamides is 1. The van der Waals surface area contributed by atoms with E-state index in [1.807, 2.05) is 11.4 Å². The van der Waals surface area contributed by atoms with E-state index >= 15 is 0 Å². The highest BCUT2D eigenvalue weighted by Gasteiger charge is 2.15. The number of benzene rings is 3. The predicted octanol–water partition coefficient (Wildman–Crippen LogP) is 5.48. The molecule has 0 fully saturated rings. The SMILES string of the molecule is Cc1ccc(-c2csc(NC(=O)c3ccc(NS(=O)(=O)c4ccccc4)cc3)n2)cc1C. The fourth-order valence-corrected chi connectivity index (χ4v) is 4.83. The summed E-state index contributed by atoms with van der Waals surface area (Å²) in [7, 11) is -3.68. The van der Waals surface area contributed by atoms with Gasteiger partial charge in [-0.05, 0) is 67.4 Å². The summed E-state index contributed by atoms with van der Waals surface area (Å²) in [6.45, 7) is 4.11. The lowest BCUT2D eigenvalue weighted by Crippen LogP contribution is -2.14. The second-order valence-corrected chi connectivity index (χ2v) is 9.83. The average Bonchev–Trinajstić information content (AvgIpc) is 3.25. The average molecular weight is 464 g/mol. The van der Waals surface area contributed by atoms with E-state index in [0.29, 0.717) is 16.4 Å². The van der Waals surface area contributed by atoms with Gasteiger partial charge in [-0.3, -0.25) is 14.8 Å². The summed E-state index contributed by atoms with van der Waals surface area (Å²) in [5.41, 5.74) is 4.97. The Kier molecular flexibility index (Phi) is 6.07. The molecule has 1 heterocycles. The van der Waals surface area contributed by atoms with Crippen LogP contribution in [-0.2, 0) is 10.0 Å². The van der Waals surface area contributed by atoms with Crippen LogP contribution in [0.25, 0.3) is 11.3 Å². The van der Waals surface area contributed by atoms with Crippen LogP contribution < -0.4 is 10.0 Å². The lowest BCUT2D eigenvalue weighted by molar-refractivity contribution is 0.102. The summed E-state index contributed by atoms with van der Waals surface area (Å²) in [5, 5.41) is 5.20. The summed E-state index contributed by atoms with van der Waals surface area (Å²) in [5.74, 6) is -0.316. The van der Waals surface area contributed by atoms with E-state index in [4.69, 9.17) is 0 Å². The quantitative estimate of drug-likeness (QED) is 0.396. The minimum absolute atomic E-state index is 0.171. The lowest BCUT2D eigenvalue weighted by atomic mass is 10.1. The number of anilines is 2. The van der Waals surface area contributed by atoms with Crippen LogP contribution in [0.15, 0.2) is 83.1 Å². The molecule has 0 atom stereocenters. The first-order chi connectivity index (χ1) is 15.3. The van der Waals surface area contributed by atoms with Crippen molar-refractivity contribution in [1.82, 2.24) is 4.98 Å². The Hall–Kier alpha value is -3.49. The summed E-state index contributed by atoms with van der Waals surface area (Å²) in [4.78, 5) is 17.3. The lowest BCUT2D eigenvalue weighted by Gasteiger charge is -2.08. The van der Waals surface area contributed by atoms with Crippen molar-refractivity contribution in [3.8, 4) is 11.3 Å². The van der Waals surface area contributed by atoms with Crippen molar-refractivity contribution < 1.29 is 13.2 Å². The number of amides is 1. The molecular formula is C24H21N3O3S2. The Balaban J connectivity index is 1.43. The highest BCUT2D eigenvalue weighted by atomic mass is 32.2. The number of hydrogen-bond acceptors (Lipinski definition) is 5. The number of rotatable bonds is 6. The van der Waals surface area contributed by atoms with Gasteiger partial charge in [0, 0.05) is 22.2 Å². The molecule has 8 heteroatoms. The molecule has 0 bridgehead atoms. The van der Waals surface area contributed by atoms with Gasteiger partial charge in [-0.1, -0.05) is 30.3 Å². The van der Waals surface area contributed by atoms with Gasteiger partial charge in [0.2, 0.25) is 0 Å². The monoisotopic (exact) mass is 463 g/mol. The number of aryl methyl sites for hydroxylation is 2. The molecule has 2 N–H and O–H groups in total. The molecule has 0 aliphatic heterocycles. The van der Waals surface area contributed by atoms with E-state index in [0.717, 1.165) is 11.3 Å². The number of hydrogen-bond donors (Lipinski definition) is 2. The molecule has 1 amide bonds. The Morgan fingerprint density at radius 3 is 2.31 bits per heavy atom.